The Morgan fingerprint density at radius 3 is 1.20 bits per heavy atom. The molecule has 0 heterocycles. The van der Waals surface area contributed by atoms with Gasteiger partial charge in [-0.1, -0.05) is 125 Å². The molecule has 6 heteroatoms. The molecule has 0 radical (unpaired) electrons. The van der Waals surface area contributed by atoms with E-state index in [1.54, 1.807) is 0 Å². The summed E-state index contributed by atoms with van der Waals surface area (Å²) in [4.78, 5) is 31.8. The third-order valence-corrected chi connectivity index (χ3v) is 5.31. The highest BCUT2D eigenvalue weighted by atomic mass is 16.4. The normalized spacial score (nSPS) is 10.5. The molecule has 0 fully saturated rings. The Balaban J connectivity index is -0.000000737. The summed E-state index contributed by atoms with van der Waals surface area (Å²) < 4.78 is 0. The molecule has 0 saturated carbocycles. The summed E-state index contributed by atoms with van der Waals surface area (Å²) in [6.45, 7) is 12.8. The second-order valence-electron chi connectivity index (χ2n) is 8.08. The molecule has 1 atom stereocenters. The van der Waals surface area contributed by atoms with Gasteiger partial charge in [0.2, 0.25) is 0 Å². The summed E-state index contributed by atoms with van der Waals surface area (Å²) in [7, 11) is 0. The number of carbonyl (C=O) groups is 3. The van der Waals surface area contributed by atoms with E-state index in [2.05, 4.69) is 5.32 Å². The van der Waals surface area contributed by atoms with Crippen molar-refractivity contribution in [1.82, 2.24) is 5.32 Å². The highest BCUT2D eigenvalue weighted by Gasteiger charge is 2.08. The average molecular weight is 504 g/mol. The van der Waals surface area contributed by atoms with Crippen LogP contribution in [0.15, 0.2) is 0 Å². The van der Waals surface area contributed by atoms with Crippen LogP contribution in [0.25, 0.3) is 0 Å². The fourth-order valence-corrected chi connectivity index (χ4v) is 3.48. The quantitative estimate of drug-likeness (QED) is 0.0954. The number of rotatable bonds is 23. The van der Waals surface area contributed by atoms with Gasteiger partial charge in [-0.3, -0.25) is 9.59 Å². The lowest BCUT2D eigenvalue weighted by Crippen LogP contribution is -2.31. The van der Waals surface area contributed by atoms with Crippen LogP contribution >= 0.6 is 0 Å². The highest BCUT2D eigenvalue weighted by Crippen LogP contribution is 2.13. The maximum absolute atomic E-state index is 10.9. The molecule has 6 nitrogen and oxygen atoms in total. The van der Waals surface area contributed by atoms with E-state index in [0.29, 0.717) is 12.8 Å². The maximum Gasteiger partial charge on any atom is 0.303 e. The molecular weight excluding hydrogens is 442 g/mol. The summed E-state index contributed by atoms with van der Waals surface area (Å²) in [6, 6.07) is -0.331. The van der Waals surface area contributed by atoms with Crippen molar-refractivity contribution in [3.05, 3.63) is 0 Å². The van der Waals surface area contributed by atoms with Gasteiger partial charge in [0.25, 0.3) is 0 Å². The van der Waals surface area contributed by atoms with E-state index in [-0.39, 0.29) is 12.5 Å². The predicted molar refractivity (Wildman–Crippen MR) is 150 cm³/mol. The lowest BCUT2D eigenvalue weighted by molar-refractivity contribution is -0.138. The van der Waals surface area contributed by atoms with Crippen LogP contribution in [0, 0.1) is 0 Å². The number of aldehydes is 1. The number of nitrogens with one attached hydrogen (secondary N) is 1. The lowest BCUT2D eigenvalue weighted by atomic mass is 10.0. The standard InChI is InChI=1S/C23H43NO5.3C2H6/c25-20-21(17-18-23(28)29)24-19-15-13-11-9-7-5-3-1-2-4-6-8-10-12-14-16-22(26)27;3*1-2/h20-21,24H,1-19H2,(H,26,27)(H,28,29);3*1-2H3. The molecule has 35 heavy (non-hydrogen) atoms. The van der Waals surface area contributed by atoms with Gasteiger partial charge < -0.3 is 20.3 Å². The summed E-state index contributed by atoms with van der Waals surface area (Å²) in [5.74, 6) is -1.54. The Morgan fingerprint density at radius 2 is 0.886 bits per heavy atom. The highest BCUT2D eigenvalue weighted by molar-refractivity contribution is 5.68. The minimum absolute atomic E-state index is 0.0327. The molecule has 0 aliphatic carbocycles. The zero-order chi connectivity index (χ0) is 27.6. The van der Waals surface area contributed by atoms with Gasteiger partial charge >= 0.3 is 11.9 Å². The first-order chi connectivity index (χ1) is 17.1. The fourth-order valence-electron chi connectivity index (χ4n) is 3.48. The van der Waals surface area contributed by atoms with Crippen molar-refractivity contribution in [2.75, 3.05) is 6.54 Å². The van der Waals surface area contributed by atoms with Crippen LogP contribution in [-0.2, 0) is 14.4 Å². The van der Waals surface area contributed by atoms with Gasteiger partial charge in [-0.15, -0.1) is 0 Å². The summed E-state index contributed by atoms with van der Waals surface area (Å²) in [6.07, 6.45) is 19.6. The van der Waals surface area contributed by atoms with Crippen molar-refractivity contribution in [2.45, 2.75) is 163 Å². The minimum atomic E-state index is -0.858. The molecule has 0 bridgehead atoms. The van der Waals surface area contributed by atoms with Gasteiger partial charge in [0, 0.05) is 12.8 Å². The molecule has 0 spiro atoms. The van der Waals surface area contributed by atoms with Gasteiger partial charge in [-0.2, -0.15) is 0 Å². The van der Waals surface area contributed by atoms with Gasteiger partial charge in [0.05, 0.1) is 6.04 Å². The van der Waals surface area contributed by atoms with E-state index < -0.39 is 11.9 Å². The molecule has 3 N–H and O–H groups in total. The number of unbranched alkanes of at least 4 members (excludes halogenated alkanes) is 14. The molecule has 0 aliphatic rings. The first-order valence-electron chi connectivity index (χ1n) is 14.7. The number of carbonyl (C=O) groups excluding carboxylic acids is 1. The van der Waals surface area contributed by atoms with Crippen LogP contribution in [0.1, 0.15) is 157 Å². The average Bonchev–Trinajstić information content (AvgIpc) is 2.88. The van der Waals surface area contributed by atoms with Crippen LogP contribution in [-0.4, -0.2) is 41.0 Å². The second-order valence-corrected chi connectivity index (χ2v) is 8.08. The van der Waals surface area contributed by atoms with E-state index in [0.717, 1.165) is 38.5 Å². The Hall–Kier alpha value is -1.43. The molecule has 0 amide bonds. The molecule has 0 rings (SSSR count). The van der Waals surface area contributed by atoms with Crippen LogP contribution in [0.5, 0.6) is 0 Å². The number of hydrogen-bond donors (Lipinski definition) is 3. The van der Waals surface area contributed by atoms with E-state index in [1.165, 1.54) is 70.6 Å². The SMILES string of the molecule is CC.CC.CC.O=CC(CCC(=O)O)NCCCCCCCCCCCCCCCCCC(=O)O. The van der Waals surface area contributed by atoms with E-state index >= 15 is 0 Å². The lowest BCUT2D eigenvalue weighted by Gasteiger charge is -2.11. The van der Waals surface area contributed by atoms with E-state index in [4.69, 9.17) is 10.2 Å². The zero-order valence-electron chi connectivity index (χ0n) is 24.2. The molecule has 0 aromatic rings. The molecule has 0 saturated heterocycles. The summed E-state index contributed by atoms with van der Waals surface area (Å²) in [5, 5.41) is 20.3. The first kappa shape index (κ1) is 40.7. The van der Waals surface area contributed by atoms with Crippen LogP contribution in [0.3, 0.4) is 0 Å². The van der Waals surface area contributed by atoms with Crippen molar-refractivity contribution in [3.8, 4) is 0 Å². The second kappa shape index (κ2) is 39.8. The molecule has 0 aromatic heterocycles. The number of carboxylic acids is 2. The number of carboxylic acid groups (broad SMARTS) is 2. The van der Waals surface area contributed by atoms with Crippen molar-refractivity contribution in [2.24, 2.45) is 0 Å². The molecule has 0 aromatic carbocycles. The van der Waals surface area contributed by atoms with Crippen LogP contribution < -0.4 is 5.32 Å². The maximum atomic E-state index is 10.9. The molecule has 1 unspecified atom stereocenters. The first-order valence-corrected chi connectivity index (χ1v) is 14.7. The summed E-state index contributed by atoms with van der Waals surface area (Å²) >= 11 is 0. The van der Waals surface area contributed by atoms with Crippen molar-refractivity contribution in [3.63, 3.8) is 0 Å². The summed E-state index contributed by atoms with van der Waals surface area (Å²) in [5.41, 5.74) is 0. The number of aliphatic carboxylic acids is 2. The Kier molecular flexibility index (Phi) is 46.3. The van der Waals surface area contributed by atoms with Crippen molar-refractivity contribution in [1.29, 1.82) is 0 Å². The third kappa shape index (κ3) is 43.1. The van der Waals surface area contributed by atoms with E-state index in [9.17, 15) is 14.4 Å². The molecule has 212 valence electrons. The van der Waals surface area contributed by atoms with Crippen molar-refractivity contribution >= 4 is 18.2 Å². The molecular formula is C29H61NO5. The third-order valence-electron chi connectivity index (χ3n) is 5.31. The van der Waals surface area contributed by atoms with Gasteiger partial charge in [-0.25, -0.2) is 0 Å². The molecule has 0 aliphatic heterocycles. The van der Waals surface area contributed by atoms with Gasteiger partial charge in [0.15, 0.2) is 0 Å². The monoisotopic (exact) mass is 503 g/mol. The van der Waals surface area contributed by atoms with Gasteiger partial charge in [0.1, 0.15) is 6.29 Å². The fraction of sp³-hybridized carbons (Fsp3) is 0.897. The van der Waals surface area contributed by atoms with Crippen LogP contribution in [0.4, 0.5) is 0 Å². The zero-order valence-corrected chi connectivity index (χ0v) is 24.2. The Morgan fingerprint density at radius 1 is 0.571 bits per heavy atom. The van der Waals surface area contributed by atoms with E-state index in [1.807, 2.05) is 41.5 Å². The Bertz CT molecular complexity index is 416. The van der Waals surface area contributed by atoms with Crippen molar-refractivity contribution < 1.29 is 24.6 Å². The minimum Gasteiger partial charge on any atom is -0.481 e. The van der Waals surface area contributed by atoms with Gasteiger partial charge in [-0.05, 0) is 25.8 Å². The number of hydrogen-bond acceptors (Lipinski definition) is 4. The van der Waals surface area contributed by atoms with Crippen LogP contribution in [0.2, 0.25) is 0 Å². The Labute approximate surface area is 218 Å². The predicted octanol–water partition coefficient (Wildman–Crippen LogP) is 8.41. The largest absolute Gasteiger partial charge is 0.481 e. The smallest absolute Gasteiger partial charge is 0.303 e. The topological polar surface area (TPSA) is 104 Å².